The van der Waals surface area contributed by atoms with Crippen molar-refractivity contribution in [3.05, 3.63) is 0 Å². The molecule has 1 atom stereocenters. The topological polar surface area (TPSA) is 55.1 Å². The molecule has 0 aliphatic rings. The van der Waals surface area contributed by atoms with E-state index in [9.17, 15) is 4.79 Å². The van der Waals surface area contributed by atoms with Gasteiger partial charge in [-0.2, -0.15) is 0 Å². The first kappa shape index (κ1) is 12.0. The van der Waals surface area contributed by atoms with Crippen LogP contribution in [0.2, 0.25) is 0 Å². The van der Waals surface area contributed by atoms with Crippen LogP contribution in [-0.2, 0) is 4.79 Å². The lowest BCUT2D eigenvalue weighted by atomic mass is 10.1. The van der Waals surface area contributed by atoms with Crippen LogP contribution in [0.3, 0.4) is 0 Å². The molecule has 0 saturated carbocycles. The molecule has 74 valence electrons. The fourth-order valence-electron chi connectivity index (χ4n) is 0.975. The van der Waals surface area contributed by atoms with Gasteiger partial charge in [0.15, 0.2) is 0 Å². The summed E-state index contributed by atoms with van der Waals surface area (Å²) >= 11 is 0. The third-order valence-corrected chi connectivity index (χ3v) is 1.73. The van der Waals surface area contributed by atoms with E-state index >= 15 is 0 Å². The second-order valence-electron chi connectivity index (χ2n) is 2.99. The van der Waals surface area contributed by atoms with Gasteiger partial charge in [-0.1, -0.05) is 13.3 Å². The lowest BCUT2D eigenvalue weighted by Gasteiger charge is -2.10. The zero-order valence-corrected chi connectivity index (χ0v) is 8.18. The van der Waals surface area contributed by atoms with Crippen molar-refractivity contribution in [2.45, 2.75) is 38.6 Å². The van der Waals surface area contributed by atoms with Crippen LogP contribution in [0.1, 0.15) is 32.6 Å². The summed E-state index contributed by atoms with van der Waals surface area (Å²) in [5, 5.41) is 2.74. The molecule has 0 aromatic heterocycles. The third kappa shape index (κ3) is 6.18. The third-order valence-electron chi connectivity index (χ3n) is 1.73. The molecule has 0 aliphatic carbocycles. The lowest BCUT2D eigenvalue weighted by molar-refractivity contribution is -0.122. The van der Waals surface area contributed by atoms with Crippen molar-refractivity contribution in [2.24, 2.45) is 5.73 Å². The van der Waals surface area contributed by atoms with Crippen LogP contribution >= 0.6 is 0 Å². The SMILES string of the molecule is C#CCCCNC(=O)[C@@H](N)CCC. The molecule has 0 aromatic rings. The Labute approximate surface area is 80.1 Å². The minimum atomic E-state index is -0.365. The van der Waals surface area contributed by atoms with E-state index in [4.69, 9.17) is 12.2 Å². The molecule has 0 unspecified atom stereocenters. The van der Waals surface area contributed by atoms with Crippen LogP contribution in [0.15, 0.2) is 0 Å². The maximum Gasteiger partial charge on any atom is 0.236 e. The molecule has 0 aliphatic heterocycles. The quantitative estimate of drug-likeness (QED) is 0.468. The lowest BCUT2D eigenvalue weighted by Crippen LogP contribution is -2.40. The molecule has 13 heavy (non-hydrogen) atoms. The summed E-state index contributed by atoms with van der Waals surface area (Å²) < 4.78 is 0. The monoisotopic (exact) mass is 182 g/mol. The maximum absolute atomic E-state index is 11.2. The van der Waals surface area contributed by atoms with Crippen molar-refractivity contribution >= 4 is 5.91 Å². The van der Waals surface area contributed by atoms with Gasteiger partial charge >= 0.3 is 0 Å². The molecular formula is C10H18N2O. The van der Waals surface area contributed by atoms with E-state index in [2.05, 4.69) is 11.2 Å². The molecule has 3 heteroatoms. The first-order valence-electron chi connectivity index (χ1n) is 4.69. The highest BCUT2D eigenvalue weighted by atomic mass is 16.2. The van der Waals surface area contributed by atoms with Gasteiger partial charge in [-0.3, -0.25) is 4.79 Å². The predicted octanol–water partition coefficient (Wildman–Crippen LogP) is 0.643. The standard InChI is InChI=1S/C10H18N2O/c1-3-5-6-8-12-10(13)9(11)7-4-2/h1,9H,4-8,11H2,2H3,(H,12,13)/t9-/m0/s1. The summed E-state index contributed by atoms with van der Waals surface area (Å²) in [6, 6.07) is -0.365. The van der Waals surface area contributed by atoms with Gasteiger partial charge in [-0.15, -0.1) is 12.3 Å². The van der Waals surface area contributed by atoms with Crippen molar-refractivity contribution in [3.63, 3.8) is 0 Å². The Kier molecular flexibility index (Phi) is 7.04. The first-order valence-corrected chi connectivity index (χ1v) is 4.69. The highest BCUT2D eigenvalue weighted by molar-refractivity contribution is 5.81. The number of nitrogens with one attached hydrogen (secondary N) is 1. The molecule has 0 aromatic carbocycles. The zero-order chi connectivity index (χ0) is 10.1. The van der Waals surface area contributed by atoms with E-state index in [0.29, 0.717) is 13.0 Å². The fraction of sp³-hybridized carbons (Fsp3) is 0.700. The van der Waals surface area contributed by atoms with Crippen LogP contribution in [-0.4, -0.2) is 18.5 Å². The Bertz CT molecular complexity index is 184. The summed E-state index contributed by atoms with van der Waals surface area (Å²) in [7, 11) is 0. The van der Waals surface area contributed by atoms with Gasteiger partial charge in [0.2, 0.25) is 5.91 Å². The first-order chi connectivity index (χ1) is 6.22. The van der Waals surface area contributed by atoms with Gasteiger partial charge in [0, 0.05) is 13.0 Å². The van der Waals surface area contributed by atoms with Gasteiger partial charge in [-0.05, 0) is 12.8 Å². The number of rotatable bonds is 6. The van der Waals surface area contributed by atoms with Crippen LogP contribution in [0.5, 0.6) is 0 Å². The summed E-state index contributed by atoms with van der Waals surface area (Å²) in [4.78, 5) is 11.2. The molecule has 3 nitrogen and oxygen atoms in total. The minimum Gasteiger partial charge on any atom is -0.355 e. The summed E-state index contributed by atoms with van der Waals surface area (Å²) in [5.74, 6) is 2.44. The Balaban J connectivity index is 3.45. The number of amides is 1. The van der Waals surface area contributed by atoms with E-state index in [1.807, 2.05) is 6.92 Å². The summed E-state index contributed by atoms with van der Waals surface area (Å²) in [6.45, 7) is 2.63. The van der Waals surface area contributed by atoms with Gasteiger partial charge in [0.1, 0.15) is 0 Å². The average Bonchev–Trinajstić information content (AvgIpc) is 2.12. The van der Waals surface area contributed by atoms with E-state index < -0.39 is 0 Å². The number of hydrogen-bond acceptors (Lipinski definition) is 2. The molecular weight excluding hydrogens is 164 g/mol. The van der Waals surface area contributed by atoms with Crippen molar-refractivity contribution in [1.29, 1.82) is 0 Å². The number of carbonyl (C=O) groups excluding carboxylic acids is 1. The van der Waals surface area contributed by atoms with Crippen LogP contribution in [0, 0.1) is 12.3 Å². The minimum absolute atomic E-state index is 0.0705. The number of nitrogens with two attached hydrogens (primary N) is 1. The summed E-state index contributed by atoms with van der Waals surface area (Å²) in [5.41, 5.74) is 5.59. The molecule has 1 amide bonds. The van der Waals surface area contributed by atoms with Gasteiger partial charge in [-0.25, -0.2) is 0 Å². The van der Waals surface area contributed by atoms with E-state index in [1.165, 1.54) is 0 Å². The van der Waals surface area contributed by atoms with Crippen LogP contribution in [0.25, 0.3) is 0 Å². The number of hydrogen-bond donors (Lipinski definition) is 2. The van der Waals surface area contributed by atoms with E-state index in [1.54, 1.807) is 0 Å². The molecule has 0 spiro atoms. The maximum atomic E-state index is 11.2. The van der Waals surface area contributed by atoms with Crippen molar-refractivity contribution in [3.8, 4) is 12.3 Å². The Morgan fingerprint density at radius 2 is 2.38 bits per heavy atom. The van der Waals surface area contributed by atoms with Crippen molar-refractivity contribution in [1.82, 2.24) is 5.32 Å². The number of carbonyl (C=O) groups is 1. The Hall–Kier alpha value is -1.01. The predicted molar refractivity (Wildman–Crippen MR) is 54.0 cm³/mol. The average molecular weight is 182 g/mol. The smallest absolute Gasteiger partial charge is 0.236 e. The summed E-state index contributed by atoms with van der Waals surface area (Å²) in [6.07, 6.45) is 8.25. The van der Waals surface area contributed by atoms with Crippen molar-refractivity contribution in [2.75, 3.05) is 6.54 Å². The molecule has 0 fully saturated rings. The second-order valence-corrected chi connectivity index (χ2v) is 2.99. The Morgan fingerprint density at radius 1 is 1.69 bits per heavy atom. The van der Waals surface area contributed by atoms with Gasteiger partial charge in [0.05, 0.1) is 6.04 Å². The molecule has 3 N–H and O–H groups in total. The van der Waals surface area contributed by atoms with E-state index in [-0.39, 0.29) is 11.9 Å². The molecule has 0 rings (SSSR count). The fourth-order valence-corrected chi connectivity index (χ4v) is 0.975. The largest absolute Gasteiger partial charge is 0.355 e. The molecule has 0 bridgehead atoms. The second kappa shape index (κ2) is 7.63. The van der Waals surface area contributed by atoms with E-state index in [0.717, 1.165) is 19.3 Å². The zero-order valence-electron chi connectivity index (χ0n) is 8.18. The number of unbranched alkanes of at least 4 members (excludes halogenated alkanes) is 1. The van der Waals surface area contributed by atoms with Gasteiger partial charge < -0.3 is 11.1 Å². The van der Waals surface area contributed by atoms with Crippen molar-refractivity contribution < 1.29 is 4.79 Å². The Morgan fingerprint density at radius 3 is 2.92 bits per heavy atom. The molecule has 0 radical (unpaired) electrons. The normalized spacial score (nSPS) is 11.8. The highest BCUT2D eigenvalue weighted by Gasteiger charge is 2.10. The highest BCUT2D eigenvalue weighted by Crippen LogP contribution is 1.93. The van der Waals surface area contributed by atoms with Crippen LogP contribution < -0.4 is 11.1 Å². The molecule has 0 saturated heterocycles. The van der Waals surface area contributed by atoms with Crippen LogP contribution in [0.4, 0.5) is 0 Å². The molecule has 0 heterocycles. The number of terminal acetylenes is 1. The van der Waals surface area contributed by atoms with Gasteiger partial charge in [0.25, 0.3) is 0 Å².